The van der Waals surface area contributed by atoms with Crippen LogP contribution in [0.3, 0.4) is 0 Å². The molecule has 1 fully saturated rings. The first-order valence-electron chi connectivity index (χ1n) is 11.2. The minimum absolute atomic E-state index is 0.0277. The maximum Gasteiger partial charge on any atom is 0.232 e. The average Bonchev–Trinajstić information content (AvgIpc) is 3.28. The van der Waals surface area contributed by atoms with Crippen LogP contribution in [-0.2, 0) is 0 Å². The first-order chi connectivity index (χ1) is 16.2. The number of benzene rings is 2. The number of ether oxygens (including phenoxy) is 2. The van der Waals surface area contributed by atoms with Gasteiger partial charge in [0.25, 0.3) is 0 Å². The number of nitrogens with zero attached hydrogens (tertiary/aromatic N) is 3. The summed E-state index contributed by atoms with van der Waals surface area (Å²) in [4.78, 5) is 11.4. The quantitative estimate of drug-likeness (QED) is 0.451. The Kier molecular flexibility index (Phi) is 5.88. The van der Waals surface area contributed by atoms with Crippen LogP contribution in [0.5, 0.6) is 11.5 Å². The second kappa shape index (κ2) is 9.11. The predicted octanol–water partition coefficient (Wildman–Crippen LogP) is 4.93. The molecule has 5 rings (SSSR count). The van der Waals surface area contributed by atoms with Gasteiger partial charge in [0, 0.05) is 17.7 Å². The number of furan rings is 1. The van der Waals surface area contributed by atoms with E-state index in [1.807, 2.05) is 48.5 Å². The smallest absolute Gasteiger partial charge is 0.232 e. The van der Waals surface area contributed by atoms with E-state index in [-0.39, 0.29) is 12.6 Å². The lowest BCUT2D eigenvalue weighted by atomic mass is 9.97. The minimum atomic E-state index is 0.0277. The standard InChI is InChI=1S/C26H27N3O4/c1-31-20-10-6-17(7-11-20)22-23-25(29-14-4-3-5-19(29)15-30)27-16-28-26(23)33-24(22)18-8-12-21(32-2)13-9-18/h6-13,16,19,30H,3-5,14-15H2,1-2H3. The molecule has 3 heterocycles. The Morgan fingerprint density at radius 2 is 1.61 bits per heavy atom. The van der Waals surface area contributed by atoms with Crippen molar-refractivity contribution in [1.82, 2.24) is 9.97 Å². The number of rotatable bonds is 6. The summed E-state index contributed by atoms with van der Waals surface area (Å²) in [5.74, 6) is 3.08. The Morgan fingerprint density at radius 3 is 2.24 bits per heavy atom. The molecule has 1 N–H and O–H groups in total. The molecule has 7 nitrogen and oxygen atoms in total. The van der Waals surface area contributed by atoms with E-state index < -0.39 is 0 Å². The largest absolute Gasteiger partial charge is 0.497 e. The molecule has 1 aliphatic rings. The van der Waals surface area contributed by atoms with Crippen LogP contribution in [0.1, 0.15) is 19.3 Å². The molecule has 1 unspecified atom stereocenters. The van der Waals surface area contributed by atoms with Crippen molar-refractivity contribution in [2.24, 2.45) is 0 Å². The van der Waals surface area contributed by atoms with Crippen molar-refractivity contribution in [3.63, 3.8) is 0 Å². The molecule has 4 aromatic rings. The first kappa shape index (κ1) is 21.3. The minimum Gasteiger partial charge on any atom is -0.497 e. The zero-order valence-corrected chi connectivity index (χ0v) is 18.8. The number of hydrogen-bond acceptors (Lipinski definition) is 7. The highest BCUT2D eigenvalue weighted by Crippen LogP contribution is 2.44. The lowest BCUT2D eigenvalue weighted by Crippen LogP contribution is -2.42. The summed E-state index contributed by atoms with van der Waals surface area (Å²) in [7, 11) is 3.30. The summed E-state index contributed by atoms with van der Waals surface area (Å²) >= 11 is 0. The molecule has 1 aliphatic heterocycles. The van der Waals surface area contributed by atoms with E-state index in [9.17, 15) is 5.11 Å². The van der Waals surface area contributed by atoms with E-state index in [2.05, 4.69) is 14.9 Å². The van der Waals surface area contributed by atoms with E-state index >= 15 is 0 Å². The van der Waals surface area contributed by atoms with Gasteiger partial charge in [-0.1, -0.05) is 12.1 Å². The van der Waals surface area contributed by atoms with Gasteiger partial charge in [-0.15, -0.1) is 0 Å². The number of methoxy groups -OCH3 is 2. The van der Waals surface area contributed by atoms with Crippen LogP contribution in [0.25, 0.3) is 33.6 Å². The lowest BCUT2D eigenvalue weighted by molar-refractivity contribution is 0.239. The Morgan fingerprint density at radius 1 is 0.939 bits per heavy atom. The number of aromatic nitrogens is 2. The molecule has 0 aliphatic carbocycles. The van der Waals surface area contributed by atoms with Crippen molar-refractivity contribution in [3.8, 4) is 33.9 Å². The molecule has 1 atom stereocenters. The Bertz CT molecular complexity index is 1240. The van der Waals surface area contributed by atoms with Crippen LogP contribution in [-0.4, -0.2) is 48.5 Å². The van der Waals surface area contributed by atoms with Crippen molar-refractivity contribution < 1.29 is 19.0 Å². The normalized spacial score (nSPS) is 16.2. The van der Waals surface area contributed by atoms with E-state index in [4.69, 9.17) is 13.9 Å². The first-order valence-corrected chi connectivity index (χ1v) is 11.2. The number of fused-ring (bicyclic) bond motifs is 1. The molecule has 0 spiro atoms. The second-order valence-electron chi connectivity index (χ2n) is 8.17. The molecular formula is C26H27N3O4. The third kappa shape index (κ3) is 3.89. The maximum atomic E-state index is 10.0. The van der Waals surface area contributed by atoms with Gasteiger partial charge in [-0.3, -0.25) is 0 Å². The fraction of sp³-hybridized carbons (Fsp3) is 0.308. The lowest BCUT2D eigenvalue weighted by Gasteiger charge is -2.35. The molecular weight excluding hydrogens is 418 g/mol. The molecule has 2 aromatic carbocycles. The summed E-state index contributed by atoms with van der Waals surface area (Å²) < 4.78 is 17.1. The Labute approximate surface area is 192 Å². The molecule has 2 aromatic heterocycles. The highest BCUT2D eigenvalue weighted by atomic mass is 16.5. The maximum absolute atomic E-state index is 10.0. The fourth-order valence-corrected chi connectivity index (χ4v) is 4.58. The topological polar surface area (TPSA) is 80.9 Å². The van der Waals surface area contributed by atoms with Crippen molar-refractivity contribution in [1.29, 1.82) is 0 Å². The molecule has 33 heavy (non-hydrogen) atoms. The molecule has 170 valence electrons. The van der Waals surface area contributed by atoms with Gasteiger partial charge >= 0.3 is 0 Å². The molecule has 7 heteroatoms. The zero-order valence-electron chi connectivity index (χ0n) is 18.8. The molecule has 1 saturated heterocycles. The Hall–Kier alpha value is -3.58. The van der Waals surface area contributed by atoms with E-state index in [1.165, 1.54) is 0 Å². The Balaban J connectivity index is 1.75. The van der Waals surface area contributed by atoms with Gasteiger partial charge in [0.15, 0.2) is 0 Å². The predicted molar refractivity (Wildman–Crippen MR) is 128 cm³/mol. The number of aliphatic hydroxyl groups excluding tert-OH is 1. The van der Waals surface area contributed by atoms with E-state index in [1.54, 1.807) is 20.5 Å². The fourth-order valence-electron chi connectivity index (χ4n) is 4.58. The van der Waals surface area contributed by atoms with Crippen LogP contribution in [0.2, 0.25) is 0 Å². The summed E-state index contributed by atoms with van der Waals surface area (Å²) in [6.45, 7) is 0.926. The van der Waals surface area contributed by atoms with E-state index in [0.29, 0.717) is 5.71 Å². The van der Waals surface area contributed by atoms with Gasteiger partial charge in [0.2, 0.25) is 5.71 Å². The SMILES string of the molecule is COc1ccc(-c2oc3ncnc(N4CCCCC4CO)c3c2-c2ccc(OC)cc2)cc1. The number of piperidine rings is 1. The number of aliphatic hydroxyl groups is 1. The molecule has 0 radical (unpaired) electrons. The van der Waals surface area contributed by atoms with E-state index in [0.717, 1.165) is 71.0 Å². The van der Waals surface area contributed by atoms with Gasteiger partial charge < -0.3 is 23.9 Å². The van der Waals surface area contributed by atoms with Gasteiger partial charge in [-0.05, 0) is 61.2 Å². The summed E-state index contributed by atoms with van der Waals surface area (Å²) in [6, 6.07) is 15.7. The molecule has 0 saturated carbocycles. The van der Waals surface area contributed by atoms with Crippen molar-refractivity contribution in [3.05, 3.63) is 54.9 Å². The van der Waals surface area contributed by atoms with Crippen LogP contribution < -0.4 is 14.4 Å². The van der Waals surface area contributed by atoms with Crippen molar-refractivity contribution in [2.75, 3.05) is 32.3 Å². The highest BCUT2D eigenvalue weighted by molar-refractivity contribution is 6.06. The van der Waals surface area contributed by atoms with Gasteiger partial charge in [-0.2, -0.15) is 0 Å². The van der Waals surface area contributed by atoms with Crippen molar-refractivity contribution in [2.45, 2.75) is 25.3 Å². The monoisotopic (exact) mass is 445 g/mol. The van der Waals surface area contributed by atoms with Crippen LogP contribution >= 0.6 is 0 Å². The van der Waals surface area contributed by atoms with Crippen LogP contribution in [0.4, 0.5) is 5.82 Å². The molecule has 0 amide bonds. The summed E-state index contributed by atoms with van der Waals surface area (Å²) in [6.07, 6.45) is 4.63. The number of anilines is 1. The summed E-state index contributed by atoms with van der Waals surface area (Å²) in [5, 5.41) is 10.9. The zero-order chi connectivity index (χ0) is 22.8. The van der Waals surface area contributed by atoms with Crippen LogP contribution in [0, 0.1) is 0 Å². The highest BCUT2D eigenvalue weighted by Gasteiger charge is 2.29. The van der Waals surface area contributed by atoms with Gasteiger partial charge in [0.1, 0.15) is 29.4 Å². The van der Waals surface area contributed by atoms with Gasteiger partial charge in [-0.25, -0.2) is 9.97 Å². The third-order valence-corrected chi connectivity index (χ3v) is 6.31. The third-order valence-electron chi connectivity index (χ3n) is 6.31. The summed E-state index contributed by atoms with van der Waals surface area (Å²) in [5.41, 5.74) is 3.35. The number of hydrogen-bond donors (Lipinski definition) is 1. The average molecular weight is 446 g/mol. The van der Waals surface area contributed by atoms with Crippen molar-refractivity contribution >= 4 is 16.9 Å². The second-order valence-corrected chi connectivity index (χ2v) is 8.17. The van der Waals surface area contributed by atoms with Gasteiger partial charge in [0.05, 0.1) is 32.3 Å². The van der Waals surface area contributed by atoms with Crippen LogP contribution in [0.15, 0.2) is 59.3 Å². The molecule has 0 bridgehead atoms.